The highest BCUT2D eigenvalue weighted by Gasteiger charge is 2.29. The van der Waals surface area contributed by atoms with Gasteiger partial charge in [0.1, 0.15) is 11.6 Å². The summed E-state index contributed by atoms with van der Waals surface area (Å²) in [5, 5.41) is 11.2. The first-order valence-corrected chi connectivity index (χ1v) is 9.17. The smallest absolute Gasteiger partial charge is 0.257 e. The monoisotopic (exact) mass is 367 g/mol. The van der Waals surface area contributed by atoms with Gasteiger partial charge in [-0.1, -0.05) is 12.1 Å². The zero-order chi connectivity index (χ0) is 19.0. The van der Waals surface area contributed by atoms with E-state index in [0.29, 0.717) is 17.3 Å². The van der Waals surface area contributed by atoms with Crippen molar-refractivity contribution < 1.29 is 9.18 Å². The molecule has 1 aromatic carbocycles. The van der Waals surface area contributed by atoms with E-state index in [2.05, 4.69) is 34.3 Å². The molecule has 3 heterocycles. The molecule has 0 aliphatic carbocycles. The van der Waals surface area contributed by atoms with E-state index in [4.69, 9.17) is 0 Å². The van der Waals surface area contributed by atoms with Crippen LogP contribution in [-0.2, 0) is 0 Å². The second-order valence-corrected chi connectivity index (χ2v) is 7.21. The fraction of sp³-hybridized carbons (Fsp3) is 0.350. The summed E-state index contributed by atoms with van der Waals surface area (Å²) >= 11 is 0. The average Bonchev–Trinajstić information content (AvgIpc) is 3.29. The zero-order valence-corrected chi connectivity index (χ0v) is 15.4. The number of benzene rings is 1. The Morgan fingerprint density at radius 3 is 2.78 bits per heavy atom. The van der Waals surface area contributed by atoms with E-state index in [-0.39, 0.29) is 17.5 Å². The number of amides is 1. The molecular formula is C20H22FN5O. The van der Waals surface area contributed by atoms with Gasteiger partial charge in [0, 0.05) is 24.7 Å². The molecule has 1 aliphatic heterocycles. The van der Waals surface area contributed by atoms with Gasteiger partial charge in [-0.15, -0.1) is 10.2 Å². The SMILES string of the molecule is CC(C)N1CC[C@H](c2nnc3ccc(C(=O)Nc4ccccc4F)cn23)C1. The van der Waals surface area contributed by atoms with Crippen molar-refractivity contribution in [2.75, 3.05) is 18.4 Å². The van der Waals surface area contributed by atoms with Crippen molar-refractivity contribution in [2.45, 2.75) is 32.2 Å². The summed E-state index contributed by atoms with van der Waals surface area (Å²) in [7, 11) is 0. The molecule has 4 rings (SSSR count). The molecule has 6 nitrogen and oxygen atoms in total. The average molecular weight is 367 g/mol. The van der Waals surface area contributed by atoms with Crippen LogP contribution in [0.3, 0.4) is 0 Å². The van der Waals surface area contributed by atoms with Crippen LogP contribution in [0.1, 0.15) is 42.4 Å². The van der Waals surface area contributed by atoms with Crippen LogP contribution in [-0.4, -0.2) is 44.5 Å². The standard InChI is InChI=1S/C20H22FN5O/c1-13(2)25-10-9-14(11-25)19-24-23-18-8-7-15(12-26(18)19)20(27)22-17-6-4-3-5-16(17)21/h3-8,12-14H,9-11H2,1-2H3,(H,22,27)/t14-/m0/s1. The number of hydrogen-bond acceptors (Lipinski definition) is 4. The Hall–Kier alpha value is -2.80. The molecule has 1 amide bonds. The first kappa shape index (κ1) is 17.6. The molecular weight excluding hydrogens is 345 g/mol. The molecule has 27 heavy (non-hydrogen) atoms. The molecule has 0 bridgehead atoms. The fourth-order valence-electron chi connectivity index (χ4n) is 3.55. The number of fused-ring (bicyclic) bond motifs is 1. The molecule has 0 saturated carbocycles. The molecule has 0 spiro atoms. The molecule has 1 atom stereocenters. The minimum Gasteiger partial charge on any atom is -0.319 e. The van der Waals surface area contributed by atoms with Crippen LogP contribution in [0, 0.1) is 5.82 Å². The number of nitrogens with one attached hydrogen (secondary N) is 1. The Balaban J connectivity index is 1.60. The molecule has 7 heteroatoms. The highest BCUT2D eigenvalue weighted by Crippen LogP contribution is 2.27. The Kier molecular flexibility index (Phi) is 4.61. The van der Waals surface area contributed by atoms with E-state index >= 15 is 0 Å². The maximum Gasteiger partial charge on any atom is 0.257 e. The first-order chi connectivity index (χ1) is 13.0. The summed E-state index contributed by atoms with van der Waals surface area (Å²) in [6, 6.07) is 10.1. The summed E-state index contributed by atoms with van der Waals surface area (Å²) < 4.78 is 15.7. The van der Waals surface area contributed by atoms with E-state index in [0.717, 1.165) is 25.3 Å². The van der Waals surface area contributed by atoms with Gasteiger partial charge in [0.2, 0.25) is 0 Å². The molecule has 1 fully saturated rings. The summed E-state index contributed by atoms with van der Waals surface area (Å²) in [5.74, 6) is 0.328. The number of rotatable bonds is 4. The van der Waals surface area contributed by atoms with Crippen molar-refractivity contribution in [3.8, 4) is 0 Å². The quantitative estimate of drug-likeness (QED) is 0.768. The van der Waals surface area contributed by atoms with Crippen molar-refractivity contribution in [1.82, 2.24) is 19.5 Å². The molecule has 1 saturated heterocycles. The van der Waals surface area contributed by atoms with Crippen LogP contribution in [0.25, 0.3) is 5.65 Å². The third kappa shape index (κ3) is 3.42. The van der Waals surface area contributed by atoms with Crippen LogP contribution in [0.5, 0.6) is 0 Å². The van der Waals surface area contributed by atoms with Gasteiger partial charge in [0.15, 0.2) is 5.65 Å². The molecule has 0 radical (unpaired) electrons. The van der Waals surface area contributed by atoms with Crippen molar-refractivity contribution in [3.05, 3.63) is 59.8 Å². The summed E-state index contributed by atoms with van der Waals surface area (Å²) in [6.07, 6.45) is 2.75. The Morgan fingerprint density at radius 1 is 1.22 bits per heavy atom. The molecule has 2 aromatic heterocycles. The van der Waals surface area contributed by atoms with Crippen molar-refractivity contribution in [3.63, 3.8) is 0 Å². The lowest BCUT2D eigenvalue weighted by Gasteiger charge is -2.19. The summed E-state index contributed by atoms with van der Waals surface area (Å²) in [4.78, 5) is 15.0. The van der Waals surface area contributed by atoms with Crippen molar-refractivity contribution >= 4 is 17.2 Å². The van der Waals surface area contributed by atoms with Crippen LogP contribution < -0.4 is 5.32 Å². The Labute approximate surface area is 157 Å². The van der Waals surface area contributed by atoms with Crippen molar-refractivity contribution in [1.29, 1.82) is 0 Å². The number of hydrogen-bond donors (Lipinski definition) is 1. The molecule has 3 aromatic rings. The molecule has 1 N–H and O–H groups in total. The number of anilines is 1. The minimum atomic E-state index is -0.461. The lowest BCUT2D eigenvalue weighted by molar-refractivity contribution is 0.102. The van der Waals surface area contributed by atoms with Crippen LogP contribution in [0.15, 0.2) is 42.6 Å². The Bertz CT molecular complexity index is 983. The molecule has 140 valence electrons. The lowest BCUT2D eigenvalue weighted by Crippen LogP contribution is -2.28. The number of halogens is 1. The van der Waals surface area contributed by atoms with Gasteiger partial charge in [-0.2, -0.15) is 0 Å². The Morgan fingerprint density at radius 2 is 2.04 bits per heavy atom. The van der Waals surface area contributed by atoms with Crippen LogP contribution >= 0.6 is 0 Å². The molecule has 0 unspecified atom stereocenters. The van der Waals surface area contributed by atoms with Gasteiger partial charge in [-0.3, -0.25) is 9.20 Å². The maximum absolute atomic E-state index is 13.8. The summed E-state index contributed by atoms with van der Waals surface area (Å²) in [5.41, 5.74) is 1.30. The van der Waals surface area contributed by atoms with E-state index in [1.165, 1.54) is 12.1 Å². The normalized spacial score (nSPS) is 17.7. The number of nitrogens with zero attached hydrogens (tertiary/aromatic N) is 4. The highest BCUT2D eigenvalue weighted by atomic mass is 19.1. The number of aromatic nitrogens is 3. The fourth-order valence-corrected chi connectivity index (χ4v) is 3.55. The van der Waals surface area contributed by atoms with E-state index in [9.17, 15) is 9.18 Å². The number of pyridine rings is 1. The lowest BCUT2D eigenvalue weighted by atomic mass is 10.1. The zero-order valence-electron chi connectivity index (χ0n) is 15.4. The van der Waals surface area contributed by atoms with Crippen LogP contribution in [0.4, 0.5) is 10.1 Å². The largest absolute Gasteiger partial charge is 0.319 e. The third-order valence-corrected chi connectivity index (χ3v) is 5.13. The number of para-hydroxylation sites is 1. The van der Waals surface area contributed by atoms with Gasteiger partial charge in [0.05, 0.1) is 11.3 Å². The number of carbonyl (C=O) groups is 1. The topological polar surface area (TPSA) is 62.5 Å². The third-order valence-electron chi connectivity index (χ3n) is 5.13. The van der Waals surface area contributed by atoms with E-state index in [1.807, 2.05) is 4.40 Å². The minimum absolute atomic E-state index is 0.162. The molecule has 1 aliphatic rings. The van der Waals surface area contributed by atoms with Crippen LogP contribution in [0.2, 0.25) is 0 Å². The van der Waals surface area contributed by atoms with Gasteiger partial charge < -0.3 is 10.2 Å². The maximum atomic E-state index is 13.8. The van der Waals surface area contributed by atoms with E-state index in [1.54, 1.807) is 30.5 Å². The predicted octanol–water partition coefficient (Wildman–Crippen LogP) is 3.32. The second kappa shape index (κ2) is 7.08. The second-order valence-electron chi connectivity index (χ2n) is 7.21. The highest BCUT2D eigenvalue weighted by molar-refractivity contribution is 6.04. The predicted molar refractivity (Wildman–Crippen MR) is 101 cm³/mol. The van der Waals surface area contributed by atoms with Gasteiger partial charge >= 0.3 is 0 Å². The summed E-state index contributed by atoms with van der Waals surface area (Å²) in [6.45, 7) is 6.35. The number of carbonyl (C=O) groups excluding carboxylic acids is 1. The van der Waals surface area contributed by atoms with Crippen molar-refractivity contribution in [2.24, 2.45) is 0 Å². The van der Waals surface area contributed by atoms with Gasteiger partial charge in [-0.05, 0) is 51.1 Å². The van der Waals surface area contributed by atoms with E-state index < -0.39 is 5.82 Å². The van der Waals surface area contributed by atoms with Gasteiger partial charge in [0.25, 0.3) is 5.91 Å². The van der Waals surface area contributed by atoms with Gasteiger partial charge in [-0.25, -0.2) is 4.39 Å². The first-order valence-electron chi connectivity index (χ1n) is 9.17. The number of likely N-dealkylation sites (tertiary alicyclic amines) is 1.